The van der Waals surface area contributed by atoms with Crippen molar-refractivity contribution in [3.05, 3.63) is 20.8 Å². The second-order valence-corrected chi connectivity index (χ2v) is 3.75. The Kier molecular flexibility index (Phi) is 4.18. The SMILES string of the molecule is O=c1[nH]nc(SC[C@H](O)CCl)c(=O)[nH]1. The zero-order valence-electron chi connectivity index (χ0n) is 6.99. The van der Waals surface area contributed by atoms with Gasteiger partial charge in [0.15, 0.2) is 5.03 Å². The highest BCUT2D eigenvalue weighted by Gasteiger charge is 2.07. The Labute approximate surface area is 87.7 Å². The van der Waals surface area contributed by atoms with Crippen LogP contribution in [0.4, 0.5) is 0 Å². The highest BCUT2D eigenvalue weighted by atomic mass is 35.5. The maximum Gasteiger partial charge on any atom is 0.342 e. The minimum absolute atomic E-state index is 0.0915. The average Bonchev–Trinajstić information content (AvgIpc) is 2.16. The van der Waals surface area contributed by atoms with Crippen molar-refractivity contribution in [3.63, 3.8) is 0 Å². The van der Waals surface area contributed by atoms with Gasteiger partial charge in [0.25, 0.3) is 5.56 Å². The van der Waals surface area contributed by atoms with Crippen LogP contribution in [0.5, 0.6) is 0 Å². The molecule has 8 heteroatoms. The fourth-order valence-corrected chi connectivity index (χ4v) is 1.65. The van der Waals surface area contributed by atoms with Crippen LogP contribution in [0.25, 0.3) is 0 Å². The molecule has 0 amide bonds. The van der Waals surface area contributed by atoms with Crippen molar-refractivity contribution in [1.29, 1.82) is 0 Å². The van der Waals surface area contributed by atoms with E-state index in [0.29, 0.717) is 0 Å². The first-order chi connectivity index (χ1) is 6.63. The molecule has 78 valence electrons. The highest BCUT2D eigenvalue weighted by Crippen LogP contribution is 2.10. The molecule has 0 radical (unpaired) electrons. The summed E-state index contributed by atoms with van der Waals surface area (Å²) in [6.07, 6.45) is -0.699. The maximum atomic E-state index is 11.1. The van der Waals surface area contributed by atoms with Gasteiger partial charge < -0.3 is 5.11 Å². The molecule has 0 saturated heterocycles. The van der Waals surface area contributed by atoms with Crippen molar-refractivity contribution in [2.24, 2.45) is 0 Å². The summed E-state index contributed by atoms with van der Waals surface area (Å²) in [5, 5.41) is 14.8. The van der Waals surface area contributed by atoms with E-state index in [9.17, 15) is 9.59 Å². The zero-order chi connectivity index (χ0) is 10.6. The number of hydrogen-bond donors (Lipinski definition) is 3. The standard InChI is InChI=1S/C6H8ClN3O3S/c7-1-3(11)2-14-5-4(12)8-6(13)10-9-5/h3,11H,1-2H2,(H2,8,10,12,13)/t3-/m1/s1. The van der Waals surface area contributed by atoms with Gasteiger partial charge in [0.05, 0.1) is 6.10 Å². The number of nitrogens with zero attached hydrogens (tertiary/aromatic N) is 1. The first-order valence-electron chi connectivity index (χ1n) is 3.69. The van der Waals surface area contributed by atoms with E-state index in [1.165, 1.54) is 0 Å². The van der Waals surface area contributed by atoms with Gasteiger partial charge in [-0.1, -0.05) is 11.8 Å². The van der Waals surface area contributed by atoms with Crippen LogP contribution in [0, 0.1) is 0 Å². The first kappa shape index (κ1) is 11.3. The fourth-order valence-electron chi connectivity index (χ4n) is 0.654. The number of halogens is 1. The van der Waals surface area contributed by atoms with Gasteiger partial charge in [-0.3, -0.25) is 9.78 Å². The van der Waals surface area contributed by atoms with Crippen molar-refractivity contribution < 1.29 is 5.11 Å². The normalized spacial score (nSPS) is 12.7. The molecule has 3 N–H and O–H groups in total. The lowest BCUT2D eigenvalue weighted by Crippen LogP contribution is -2.25. The zero-order valence-corrected chi connectivity index (χ0v) is 8.56. The molecular weight excluding hydrogens is 230 g/mol. The predicted octanol–water partition coefficient (Wildman–Crippen LogP) is -0.850. The van der Waals surface area contributed by atoms with Crippen molar-refractivity contribution in [1.82, 2.24) is 15.2 Å². The second kappa shape index (κ2) is 5.18. The van der Waals surface area contributed by atoms with Gasteiger partial charge in [-0.25, -0.2) is 9.89 Å². The van der Waals surface area contributed by atoms with E-state index in [1.54, 1.807) is 0 Å². The maximum absolute atomic E-state index is 11.1. The summed E-state index contributed by atoms with van der Waals surface area (Å²) in [5.74, 6) is 0.347. The molecule has 1 aromatic heterocycles. The Balaban J connectivity index is 2.68. The lowest BCUT2D eigenvalue weighted by atomic mass is 10.5. The van der Waals surface area contributed by atoms with Gasteiger partial charge in [-0.2, -0.15) is 5.10 Å². The van der Waals surface area contributed by atoms with Crippen LogP contribution in [-0.4, -0.2) is 38.0 Å². The van der Waals surface area contributed by atoms with Crippen molar-refractivity contribution in [2.75, 3.05) is 11.6 Å². The van der Waals surface area contributed by atoms with Gasteiger partial charge in [-0.15, -0.1) is 11.6 Å². The number of alkyl halides is 1. The van der Waals surface area contributed by atoms with Crippen molar-refractivity contribution in [3.8, 4) is 0 Å². The summed E-state index contributed by atoms with van der Waals surface area (Å²) < 4.78 is 0. The van der Waals surface area contributed by atoms with Crippen LogP contribution in [0.3, 0.4) is 0 Å². The third kappa shape index (κ3) is 3.17. The van der Waals surface area contributed by atoms with Crippen LogP contribution in [0.2, 0.25) is 0 Å². The smallest absolute Gasteiger partial charge is 0.342 e. The van der Waals surface area contributed by atoms with E-state index in [1.807, 2.05) is 4.98 Å². The van der Waals surface area contributed by atoms with Crippen LogP contribution in [0.15, 0.2) is 14.6 Å². The van der Waals surface area contributed by atoms with E-state index >= 15 is 0 Å². The topological polar surface area (TPSA) is 98.8 Å². The molecule has 1 heterocycles. The number of rotatable bonds is 4. The number of thioether (sulfide) groups is 1. The Bertz CT molecular complexity index is 404. The van der Waals surface area contributed by atoms with Gasteiger partial charge in [0, 0.05) is 11.6 Å². The quantitative estimate of drug-likeness (QED) is 0.468. The van der Waals surface area contributed by atoms with Crippen LogP contribution >= 0.6 is 23.4 Å². The molecule has 0 fully saturated rings. The summed E-state index contributed by atoms with van der Waals surface area (Å²) in [4.78, 5) is 23.7. The number of aromatic nitrogens is 3. The van der Waals surface area contributed by atoms with E-state index in [2.05, 4.69) is 10.2 Å². The molecule has 14 heavy (non-hydrogen) atoms. The van der Waals surface area contributed by atoms with Gasteiger partial charge in [-0.05, 0) is 0 Å². The Morgan fingerprint density at radius 3 is 2.86 bits per heavy atom. The number of hydrogen-bond acceptors (Lipinski definition) is 5. The van der Waals surface area contributed by atoms with Crippen LogP contribution < -0.4 is 11.2 Å². The molecule has 0 aliphatic carbocycles. The van der Waals surface area contributed by atoms with Crippen LogP contribution in [0.1, 0.15) is 0 Å². The average molecular weight is 238 g/mol. The van der Waals surface area contributed by atoms with Gasteiger partial charge in [0.1, 0.15) is 0 Å². The number of aromatic amines is 2. The summed E-state index contributed by atoms with van der Waals surface area (Å²) in [6.45, 7) is 0. The summed E-state index contributed by atoms with van der Waals surface area (Å²) >= 11 is 6.38. The molecule has 0 aliphatic heterocycles. The molecule has 0 unspecified atom stereocenters. The van der Waals surface area contributed by atoms with Crippen molar-refractivity contribution >= 4 is 23.4 Å². The fraction of sp³-hybridized carbons (Fsp3) is 0.500. The van der Waals surface area contributed by atoms with Crippen LogP contribution in [-0.2, 0) is 0 Å². The summed E-state index contributed by atoms with van der Waals surface area (Å²) in [5.41, 5.74) is -1.22. The van der Waals surface area contributed by atoms with Crippen molar-refractivity contribution in [2.45, 2.75) is 11.1 Å². The summed E-state index contributed by atoms with van der Waals surface area (Å²) in [7, 11) is 0. The monoisotopic (exact) mass is 237 g/mol. The predicted molar refractivity (Wildman–Crippen MR) is 52.9 cm³/mol. The molecule has 1 aromatic rings. The van der Waals surface area contributed by atoms with Gasteiger partial charge in [0.2, 0.25) is 0 Å². The number of aliphatic hydroxyl groups excluding tert-OH is 1. The Morgan fingerprint density at radius 2 is 2.29 bits per heavy atom. The Morgan fingerprint density at radius 1 is 1.57 bits per heavy atom. The molecule has 0 spiro atoms. The summed E-state index contributed by atoms with van der Waals surface area (Å²) in [6, 6.07) is 0. The molecule has 1 rings (SSSR count). The third-order valence-corrected chi connectivity index (χ3v) is 2.73. The number of aliphatic hydroxyl groups is 1. The first-order valence-corrected chi connectivity index (χ1v) is 5.21. The number of H-pyrrole nitrogens is 2. The molecule has 6 nitrogen and oxygen atoms in total. The van der Waals surface area contributed by atoms with E-state index < -0.39 is 17.4 Å². The van der Waals surface area contributed by atoms with Gasteiger partial charge >= 0.3 is 5.69 Å². The molecule has 0 aromatic carbocycles. The second-order valence-electron chi connectivity index (χ2n) is 2.43. The molecular formula is C6H8ClN3O3S. The molecule has 0 saturated carbocycles. The molecule has 0 bridgehead atoms. The van der Waals surface area contributed by atoms with E-state index in [-0.39, 0.29) is 16.7 Å². The Hall–Kier alpha value is -0.790. The lowest BCUT2D eigenvalue weighted by molar-refractivity contribution is 0.223. The largest absolute Gasteiger partial charge is 0.391 e. The third-order valence-electron chi connectivity index (χ3n) is 1.27. The molecule has 0 aliphatic rings. The van der Waals surface area contributed by atoms with E-state index in [4.69, 9.17) is 16.7 Å². The van der Waals surface area contributed by atoms with E-state index in [0.717, 1.165) is 11.8 Å². The lowest BCUT2D eigenvalue weighted by Gasteiger charge is -2.03. The number of nitrogens with one attached hydrogen (secondary N) is 2. The minimum atomic E-state index is -0.699. The highest BCUT2D eigenvalue weighted by molar-refractivity contribution is 7.99. The minimum Gasteiger partial charge on any atom is -0.391 e. The molecule has 1 atom stereocenters.